The van der Waals surface area contributed by atoms with Crippen molar-refractivity contribution < 1.29 is 13.2 Å². The summed E-state index contributed by atoms with van der Waals surface area (Å²) in [6.07, 6.45) is 2.57. The topological polar surface area (TPSA) is 92.3 Å². The summed E-state index contributed by atoms with van der Waals surface area (Å²) < 4.78 is 26.5. The summed E-state index contributed by atoms with van der Waals surface area (Å²) in [5, 5.41) is 13.5. The van der Waals surface area contributed by atoms with Crippen molar-refractivity contribution in [3.63, 3.8) is 0 Å². The van der Waals surface area contributed by atoms with Gasteiger partial charge in [0, 0.05) is 30.3 Å². The zero-order valence-corrected chi connectivity index (χ0v) is 17.5. The highest BCUT2D eigenvalue weighted by Gasteiger charge is 2.30. The van der Waals surface area contributed by atoms with Crippen LogP contribution in [-0.4, -0.2) is 41.9 Å². The molecular weight excluding hydrogens is 396 g/mol. The number of amides is 1. The van der Waals surface area contributed by atoms with E-state index in [1.54, 1.807) is 6.08 Å². The van der Waals surface area contributed by atoms with Crippen molar-refractivity contribution in [3.8, 4) is 0 Å². The fourth-order valence-electron chi connectivity index (χ4n) is 2.91. The van der Waals surface area contributed by atoms with E-state index in [0.29, 0.717) is 31.1 Å². The average molecular weight is 421 g/mol. The van der Waals surface area contributed by atoms with Gasteiger partial charge in [0.05, 0.1) is 0 Å². The Labute approximate surface area is 169 Å². The van der Waals surface area contributed by atoms with Gasteiger partial charge in [-0.2, -0.15) is 4.31 Å². The zero-order chi connectivity index (χ0) is 20.1. The van der Waals surface area contributed by atoms with Crippen molar-refractivity contribution in [1.29, 1.82) is 0 Å². The third kappa shape index (κ3) is 5.24. The number of carbonyl (C=O) groups excluding carboxylic acids is 1. The van der Waals surface area contributed by atoms with Gasteiger partial charge in [-0.25, -0.2) is 8.42 Å². The monoisotopic (exact) mass is 420 g/mol. The summed E-state index contributed by atoms with van der Waals surface area (Å²) in [5.41, 5.74) is 0.832. The molecule has 0 atom stereocenters. The minimum absolute atomic E-state index is 0.122. The van der Waals surface area contributed by atoms with Crippen LogP contribution in [0.1, 0.15) is 43.2 Å². The third-order valence-electron chi connectivity index (χ3n) is 4.58. The van der Waals surface area contributed by atoms with Crippen LogP contribution < -0.4 is 5.32 Å². The molecule has 150 valence electrons. The summed E-state index contributed by atoms with van der Waals surface area (Å²) in [7, 11) is -3.49. The molecule has 0 unspecified atom stereocenters. The van der Waals surface area contributed by atoms with E-state index in [9.17, 15) is 13.2 Å². The van der Waals surface area contributed by atoms with E-state index < -0.39 is 10.0 Å². The van der Waals surface area contributed by atoms with Crippen LogP contribution >= 0.6 is 11.3 Å². The van der Waals surface area contributed by atoms with E-state index in [0.717, 1.165) is 10.6 Å². The van der Waals surface area contributed by atoms with Gasteiger partial charge in [0.1, 0.15) is 5.01 Å². The summed E-state index contributed by atoms with van der Waals surface area (Å²) in [4.78, 5) is 12.5. The number of hydrogen-bond donors (Lipinski definition) is 1. The minimum Gasteiger partial charge on any atom is -0.300 e. The van der Waals surface area contributed by atoms with Crippen LogP contribution in [-0.2, 0) is 14.8 Å². The van der Waals surface area contributed by atoms with Crippen LogP contribution in [0.25, 0.3) is 6.08 Å². The predicted molar refractivity (Wildman–Crippen MR) is 111 cm³/mol. The number of piperidine rings is 1. The lowest BCUT2D eigenvalue weighted by Crippen LogP contribution is -2.40. The molecule has 1 aromatic heterocycles. The van der Waals surface area contributed by atoms with Crippen molar-refractivity contribution >= 4 is 38.5 Å². The van der Waals surface area contributed by atoms with Crippen LogP contribution in [0, 0.1) is 5.92 Å². The molecule has 1 aliphatic heterocycles. The zero-order valence-electron chi connectivity index (χ0n) is 15.9. The molecule has 28 heavy (non-hydrogen) atoms. The number of rotatable bonds is 6. The van der Waals surface area contributed by atoms with Gasteiger partial charge in [0.25, 0.3) is 0 Å². The average Bonchev–Trinajstić information content (AvgIpc) is 3.16. The maximum absolute atomic E-state index is 12.5. The maximum Gasteiger partial charge on any atom is 0.236 e. The molecule has 7 nitrogen and oxygen atoms in total. The Hall–Kier alpha value is -2.10. The lowest BCUT2D eigenvalue weighted by Gasteiger charge is -2.29. The standard InChI is InChI=1S/C19H24N4O3S2/c1-14(2)18-21-22-19(27-18)20-17(24)16-8-11-23(12-9-16)28(25,26)13-10-15-6-4-3-5-7-15/h3-7,10,13-14,16H,8-9,11-12H2,1-2H3,(H,20,22,24)/b13-10+. The molecule has 1 fully saturated rings. The van der Waals surface area contributed by atoms with Crippen LogP contribution in [0.15, 0.2) is 35.7 Å². The van der Waals surface area contributed by atoms with Crippen molar-refractivity contribution in [2.24, 2.45) is 5.92 Å². The van der Waals surface area contributed by atoms with Gasteiger partial charge in [-0.3, -0.25) is 4.79 Å². The van der Waals surface area contributed by atoms with E-state index in [2.05, 4.69) is 15.5 Å². The first-order chi connectivity index (χ1) is 13.3. The van der Waals surface area contributed by atoms with Crippen molar-refractivity contribution in [2.75, 3.05) is 18.4 Å². The smallest absolute Gasteiger partial charge is 0.236 e. The molecule has 9 heteroatoms. The third-order valence-corrected chi connectivity index (χ3v) is 7.29. The van der Waals surface area contributed by atoms with E-state index in [-0.39, 0.29) is 17.7 Å². The maximum atomic E-state index is 12.5. The second kappa shape index (κ2) is 8.93. The normalized spacial score (nSPS) is 16.7. The molecule has 1 aromatic carbocycles. The highest BCUT2D eigenvalue weighted by molar-refractivity contribution is 7.92. The van der Waals surface area contributed by atoms with Crippen molar-refractivity contribution in [1.82, 2.24) is 14.5 Å². The van der Waals surface area contributed by atoms with Gasteiger partial charge in [-0.05, 0) is 24.5 Å². The number of aromatic nitrogens is 2. The number of nitrogens with zero attached hydrogens (tertiary/aromatic N) is 3. The summed E-state index contributed by atoms with van der Waals surface area (Å²) >= 11 is 1.37. The number of carbonyl (C=O) groups is 1. The predicted octanol–water partition coefficient (Wildman–Crippen LogP) is 3.31. The van der Waals surface area contributed by atoms with E-state index in [1.807, 2.05) is 44.2 Å². The summed E-state index contributed by atoms with van der Waals surface area (Å²) in [6.45, 7) is 4.70. The van der Waals surface area contributed by atoms with Gasteiger partial charge in [-0.1, -0.05) is 55.5 Å². The van der Waals surface area contributed by atoms with Crippen LogP contribution in [0.3, 0.4) is 0 Å². The molecule has 2 heterocycles. The number of benzene rings is 1. The van der Waals surface area contributed by atoms with Crippen LogP contribution in [0.4, 0.5) is 5.13 Å². The lowest BCUT2D eigenvalue weighted by molar-refractivity contribution is -0.120. The SMILES string of the molecule is CC(C)c1nnc(NC(=O)C2CCN(S(=O)(=O)/C=C/c3ccccc3)CC2)s1. The van der Waals surface area contributed by atoms with Crippen LogP contribution in [0.2, 0.25) is 0 Å². The molecule has 2 aromatic rings. The van der Waals surface area contributed by atoms with Gasteiger partial charge < -0.3 is 5.32 Å². The van der Waals surface area contributed by atoms with Crippen LogP contribution in [0.5, 0.6) is 0 Å². The Kier molecular flexibility index (Phi) is 6.58. The number of nitrogens with one attached hydrogen (secondary N) is 1. The van der Waals surface area contributed by atoms with Gasteiger partial charge in [0.15, 0.2) is 0 Å². The Morgan fingerprint density at radius 2 is 1.89 bits per heavy atom. The fraction of sp³-hybridized carbons (Fsp3) is 0.421. The highest BCUT2D eigenvalue weighted by Crippen LogP contribution is 2.25. The van der Waals surface area contributed by atoms with E-state index in [1.165, 1.54) is 21.1 Å². The molecule has 1 amide bonds. The molecule has 1 aliphatic rings. The van der Waals surface area contributed by atoms with Gasteiger partial charge in [0.2, 0.25) is 21.1 Å². The molecule has 0 radical (unpaired) electrons. The molecule has 3 rings (SSSR count). The molecule has 0 aliphatic carbocycles. The first-order valence-electron chi connectivity index (χ1n) is 9.22. The molecular formula is C19H24N4O3S2. The summed E-state index contributed by atoms with van der Waals surface area (Å²) in [6, 6.07) is 9.30. The summed E-state index contributed by atoms with van der Waals surface area (Å²) in [5.74, 6) is -0.0835. The van der Waals surface area contributed by atoms with E-state index >= 15 is 0 Å². The van der Waals surface area contributed by atoms with Crippen molar-refractivity contribution in [3.05, 3.63) is 46.3 Å². The molecule has 0 saturated carbocycles. The number of sulfonamides is 1. The molecule has 0 bridgehead atoms. The Balaban J connectivity index is 1.54. The minimum atomic E-state index is -3.49. The van der Waals surface area contributed by atoms with Crippen molar-refractivity contribution in [2.45, 2.75) is 32.6 Å². The molecule has 0 spiro atoms. The second-order valence-corrected chi connectivity index (χ2v) is 9.85. The fourth-order valence-corrected chi connectivity index (χ4v) is 4.88. The largest absolute Gasteiger partial charge is 0.300 e. The molecule has 1 saturated heterocycles. The van der Waals surface area contributed by atoms with E-state index in [4.69, 9.17) is 0 Å². The Bertz CT molecular complexity index is 931. The highest BCUT2D eigenvalue weighted by atomic mass is 32.2. The number of hydrogen-bond acceptors (Lipinski definition) is 6. The van der Waals surface area contributed by atoms with Gasteiger partial charge in [-0.15, -0.1) is 10.2 Å². The second-order valence-electron chi connectivity index (χ2n) is 7.02. The quantitative estimate of drug-likeness (QED) is 0.774. The molecule has 1 N–H and O–H groups in total. The Morgan fingerprint density at radius 3 is 2.50 bits per heavy atom. The van der Waals surface area contributed by atoms with Gasteiger partial charge >= 0.3 is 0 Å². The Morgan fingerprint density at radius 1 is 1.21 bits per heavy atom. The lowest BCUT2D eigenvalue weighted by atomic mass is 9.97. The number of anilines is 1. The first-order valence-corrected chi connectivity index (χ1v) is 11.5. The first kappa shape index (κ1) is 20.6.